The maximum absolute atomic E-state index is 12.3. The minimum atomic E-state index is -0.495. The summed E-state index contributed by atoms with van der Waals surface area (Å²) in [5, 5.41) is 10.9. The van der Waals surface area contributed by atoms with E-state index in [1.54, 1.807) is 24.3 Å². The summed E-state index contributed by atoms with van der Waals surface area (Å²) in [6.07, 6.45) is 0. The van der Waals surface area contributed by atoms with Crippen LogP contribution in [0.3, 0.4) is 0 Å². The first-order valence-corrected chi connectivity index (χ1v) is 8.09. The van der Waals surface area contributed by atoms with Crippen molar-refractivity contribution in [2.24, 2.45) is 0 Å². The van der Waals surface area contributed by atoms with Gasteiger partial charge in [0.1, 0.15) is 11.5 Å². The van der Waals surface area contributed by atoms with Crippen LogP contribution in [0.1, 0.15) is 10.4 Å². The largest absolute Gasteiger partial charge is 0.497 e. The Balaban J connectivity index is 1.83. The van der Waals surface area contributed by atoms with Crippen LogP contribution < -0.4 is 14.8 Å². The zero-order chi connectivity index (χ0) is 18.7. The van der Waals surface area contributed by atoms with Gasteiger partial charge in [0.25, 0.3) is 5.91 Å². The highest BCUT2D eigenvalue weighted by molar-refractivity contribution is 6.37. The molecule has 3 aromatic rings. The van der Waals surface area contributed by atoms with Gasteiger partial charge >= 0.3 is 6.01 Å². The molecule has 0 aliphatic rings. The van der Waals surface area contributed by atoms with Crippen molar-refractivity contribution >= 4 is 35.1 Å². The number of anilines is 1. The molecule has 0 fully saturated rings. The SMILES string of the molecule is COc1cc(OC)cc(-c2nnc(NC(=O)c3ccc(Cl)cc3Cl)o2)c1. The van der Waals surface area contributed by atoms with E-state index in [-0.39, 0.29) is 22.5 Å². The summed E-state index contributed by atoms with van der Waals surface area (Å²) in [5.74, 6) is 0.831. The van der Waals surface area contributed by atoms with Gasteiger partial charge in [-0.1, -0.05) is 28.3 Å². The molecule has 0 saturated heterocycles. The molecule has 134 valence electrons. The molecule has 0 bridgehead atoms. The number of ether oxygens (including phenoxy) is 2. The van der Waals surface area contributed by atoms with E-state index in [0.717, 1.165) is 0 Å². The molecule has 26 heavy (non-hydrogen) atoms. The number of carbonyl (C=O) groups is 1. The van der Waals surface area contributed by atoms with Gasteiger partial charge in [-0.15, -0.1) is 5.10 Å². The van der Waals surface area contributed by atoms with Crippen molar-refractivity contribution in [3.8, 4) is 23.0 Å². The Hall–Kier alpha value is -2.77. The fraction of sp³-hybridized carbons (Fsp3) is 0.118. The van der Waals surface area contributed by atoms with Crippen LogP contribution >= 0.6 is 23.2 Å². The second-order valence-electron chi connectivity index (χ2n) is 5.09. The highest BCUT2D eigenvalue weighted by atomic mass is 35.5. The summed E-state index contributed by atoms with van der Waals surface area (Å²) in [6, 6.07) is 9.59. The highest BCUT2D eigenvalue weighted by Crippen LogP contribution is 2.30. The van der Waals surface area contributed by atoms with E-state index in [1.165, 1.54) is 26.4 Å². The van der Waals surface area contributed by atoms with E-state index >= 15 is 0 Å². The summed E-state index contributed by atoms with van der Waals surface area (Å²) < 4.78 is 15.9. The molecule has 2 aromatic carbocycles. The normalized spacial score (nSPS) is 10.5. The van der Waals surface area contributed by atoms with E-state index in [1.807, 2.05) is 0 Å². The number of hydrogen-bond donors (Lipinski definition) is 1. The number of halogens is 2. The Labute approximate surface area is 158 Å². The zero-order valence-corrected chi connectivity index (χ0v) is 15.3. The molecule has 0 aliphatic carbocycles. The Bertz CT molecular complexity index is 937. The van der Waals surface area contributed by atoms with Gasteiger partial charge in [0.15, 0.2) is 0 Å². The zero-order valence-electron chi connectivity index (χ0n) is 13.7. The summed E-state index contributed by atoms with van der Waals surface area (Å²) in [6.45, 7) is 0. The van der Waals surface area contributed by atoms with Gasteiger partial charge in [0.2, 0.25) is 5.89 Å². The minimum absolute atomic E-state index is 0.0715. The third-order valence-electron chi connectivity index (χ3n) is 3.42. The monoisotopic (exact) mass is 393 g/mol. The molecule has 7 nitrogen and oxygen atoms in total. The summed E-state index contributed by atoms with van der Waals surface area (Å²) in [7, 11) is 3.07. The Morgan fingerprint density at radius 3 is 2.35 bits per heavy atom. The molecule has 1 N–H and O–H groups in total. The molecule has 0 radical (unpaired) electrons. The Morgan fingerprint density at radius 1 is 1.04 bits per heavy atom. The number of methoxy groups -OCH3 is 2. The minimum Gasteiger partial charge on any atom is -0.497 e. The predicted octanol–water partition coefficient (Wildman–Crippen LogP) is 4.31. The van der Waals surface area contributed by atoms with E-state index in [9.17, 15) is 4.79 Å². The van der Waals surface area contributed by atoms with Crippen LogP contribution in [-0.2, 0) is 0 Å². The number of carbonyl (C=O) groups excluding carboxylic acids is 1. The Morgan fingerprint density at radius 2 is 1.73 bits per heavy atom. The van der Waals surface area contributed by atoms with Crippen molar-refractivity contribution < 1.29 is 18.7 Å². The standard InChI is InChI=1S/C17H13Cl2N3O4/c1-24-11-5-9(6-12(8-11)25-2)16-21-22-17(26-16)20-15(23)13-4-3-10(18)7-14(13)19/h3-8H,1-2H3,(H,20,22,23). The molecular weight excluding hydrogens is 381 g/mol. The van der Waals surface area contributed by atoms with Crippen LogP contribution in [0.4, 0.5) is 6.01 Å². The van der Waals surface area contributed by atoms with Gasteiger partial charge in [-0.3, -0.25) is 10.1 Å². The van der Waals surface area contributed by atoms with Crippen LogP contribution in [0.2, 0.25) is 10.0 Å². The first kappa shape index (κ1) is 18.0. The van der Waals surface area contributed by atoms with Gasteiger partial charge < -0.3 is 13.9 Å². The van der Waals surface area contributed by atoms with Crippen molar-refractivity contribution in [2.75, 3.05) is 19.5 Å². The number of nitrogens with one attached hydrogen (secondary N) is 1. The van der Waals surface area contributed by atoms with Crippen LogP contribution in [0.15, 0.2) is 40.8 Å². The van der Waals surface area contributed by atoms with Crippen LogP contribution in [0.5, 0.6) is 11.5 Å². The fourth-order valence-electron chi connectivity index (χ4n) is 2.16. The van der Waals surface area contributed by atoms with E-state index < -0.39 is 5.91 Å². The van der Waals surface area contributed by atoms with Crippen molar-refractivity contribution in [1.29, 1.82) is 0 Å². The third kappa shape index (κ3) is 3.89. The molecule has 0 aliphatic heterocycles. The first-order chi connectivity index (χ1) is 12.5. The predicted molar refractivity (Wildman–Crippen MR) is 97.3 cm³/mol. The number of nitrogens with zero attached hydrogens (tertiary/aromatic N) is 2. The summed E-state index contributed by atoms with van der Waals surface area (Å²) in [5.41, 5.74) is 0.817. The van der Waals surface area contributed by atoms with E-state index in [0.29, 0.717) is 22.1 Å². The third-order valence-corrected chi connectivity index (χ3v) is 3.97. The molecule has 3 rings (SSSR count). The number of benzene rings is 2. The number of aromatic nitrogens is 2. The number of hydrogen-bond acceptors (Lipinski definition) is 6. The maximum Gasteiger partial charge on any atom is 0.322 e. The molecule has 9 heteroatoms. The topological polar surface area (TPSA) is 86.5 Å². The molecule has 0 unspecified atom stereocenters. The van der Waals surface area contributed by atoms with Crippen molar-refractivity contribution in [3.05, 3.63) is 52.0 Å². The lowest BCUT2D eigenvalue weighted by Gasteiger charge is -2.06. The highest BCUT2D eigenvalue weighted by Gasteiger charge is 2.16. The summed E-state index contributed by atoms with van der Waals surface area (Å²) >= 11 is 11.8. The second kappa shape index (κ2) is 7.63. The van der Waals surface area contributed by atoms with Crippen LogP contribution in [0.25, 0.3) is 11.5 Å². The first-order valence-electron chi connectivity index (χ1n) is 7.33. The van der Waals surface area contributed by atoms with Gasteiger partial charge in [-0.25, -0.2) is 0 Å². The fourth-order valence-corrected chi connectivity index (χ4v) is 2.65. The lowest BCUT2D eigenvalue weighted by Crippen LogP contribution is -2.12. The maximum atomic E-state index is 12.3. The summed E-state index contributed by atoms with van der Waals surface area (Å²) in [4.78, 5) is 12.3. The van der Waals surface area contributed by atoms with E-state index in [4.69, 9.17) is 37.1 Å². The van der Waals surface area contributed by atoms with Gasteiger partial charge in [0, 0.05) is 16.7 Å². The van der Waals surface area contributed by atoms with Crippen molar-refractivity contribution in [2.45, 2.75) is 0 Å². The second-order valence-corrected chi connectivity index (χ2v) is 5.94. The lowest BCUT2D eigenvalue weighted by atomic mass is 10.2. The molecule has 0 saturated carbocycles. The van der Waals surface area contributed by atoms with Crippen LogP contribution in [0, 0.1) is 0 Å². The average molecular weight is 394 g/mol. The van der Waals surface area contributed by atoms with E-state index in [2.05, 4.69) is 15.5 Å². The molecule has 1 amide bonds. The Kier molecular flexibility index (Phi) is 5.29. The van der Waals surface area contributed by atoms with Gasteiger partial charge in [-0.2, -0.15) is 0 Å². The number of amides is 1. The van der Waals surface area contributed by atoms with Crippen LogP contribution in [-0.4, -0.2) is 30.3 Å². The quantitative estimate of drug-likeness (QED) is 0.694. The van der Waals surface area contributed by atoms with Crippen molar-refractivity contribution in [3.63, 3.8) is 0 Å². The molecular formula is C17H13Cl2N3O4. The smallest absolute Gasteiger partial charge is 0.322 e. The molecule has 0 spiro atoms. The molecule has 1 aromatic heterocycles. The van der Waals surface area contributed by atoms with Gasteiger partial charge in [-0.05, 0) is 30.3 Å². The number of rotatable bonds is 5. The van der Waals surface area contributed by atoms with Crippen molar-refractivity contribution in [1.82, 2.24) is 10.2 Å². The lowest BCUT2D eigenvalue weighted by molar-refractivity contribution is 0.102. The van der Waals surface area contributed by atoms with Gasteiger partial charge in [0.05, 0.1) is 24.8 Å². The molecule has 0 atom stereocenters. The molecule has 1 heterocycles. The average Bonchev–Trinajstić information content (AvgIpc) is 3.09.